The predicted octanol–water partition coefficient (Wildman–Crippen LogP) is 6.17. The first-order chi connectivity index (χ1) is 11.3. The Kier molecular flexibility index (Phi) is 2.61. The molecule has 0 saturated carbocycles. The summed E-state index contributed by atoms with van der Waals surface area (Å²) in [4.78, 5) is 4.56. The Balaban J connectivity index is 1.90. The molecule has 0 atom stereocenters. The Bertz CT molecular complexity index is 1170. The van der Waals surface area contributed by atoms with Crippen LogP contribution in [0.15, 0.2) is 64.5 Å². The Morgan fingerprint density at radius 1 is 0.913 bits per heavy atom. The van der Waals surface area contributed by atoms with Gasteiger partial charge in [0.05, 0.1) is 10.4 Å². The zero-order valence-electron chi connectivity index (χ0n) is 12.5. The fourth-order valence-electron chi connectivity index (χ4n) is 3.11. The largest absolute Gasteiger partial charge is 0.454 e. The lowest BCUT2D eigenvalue weighted by molar-refractivity contribution is 0.674. The van der Waals surface area contributed by atoms with E-state index in [1.165, 1.54) is 15.5 Å². The van der Waals surface area contributed by atoms with E-state index in [-0.39, 0.29) is 0 Å². The first-order valence-corrected chi connectivity index (χ1v) is 8.44. The van der Waals surface area contributed by atoms with Crippen molar-refractivity contribution in [2.45, 2.75) is 6.92 Å². The van der Waals surface area contributed by atoms with Crippen molar-refractivity contribution >= 4 is 43.4 Å². The molecule has 2 aromatic carbocycles. The third kappa shape index (κ3) is 1.83. The van der Waals surface area contributed by atoms with E-state index < -0.39 is 0 Å². The summed E-state index contributed by atoms with van der Waals surface area (Å²) in [5.74, 6) is 0. The van der Waals surface area contributed by atoms with Gasteiger partial charge >= 0.3 is 0 Å². The summed E-state index contributed by atoms with van der Waals surface area (Å²) in [5, 5.41) is 5.66. The van der Waals surface area contributed by atoms with Gasteiger partial charge in [0.15, 0.2) is 5.58 Å². The molecule has 0 aliphatic carbocycles. The van der Waals surface area contributed by atoms with E-state index in [1.54, 1.807) is 11.3 Å². The molecule has 0 saturated heterocycles. The molecule has 5 aromatic rings. The van der Waals surface area contributed by atoms with Gasteiger partial charge < -0.3 is 4.42 Å². The van der Waals surface area contributed by atoms with E-state index in [1.807, 2.05) is 13.1 Å². The van der Waals surface area contributed by atoms with Crippen LogP contribution < -0.4 is 0 Å². The van der Waals surface area contributed by atoms with Gasteiger partial charge in [0, 0.05) is 22.5 Å². The van der Waals surface area contributed by atoms with Crippen molar-refractivity contribution in [2.75, 3.05) is 0 Å². The van der Waals surface area contributed by atoms with Crippen molar-refractivity contribution in [3.05, 3.63) is 65.7 Å². The Hall–Kier alpha value is -2.65. The average Bonchev–Trinajstić information content (AvgIpc) is 3.19. The van der Waals surface area contributed by atoms with Crippen molar-refractivity contribution in [2.24, 2.45) is 0 Å². The average molecular weight is 315 g/mol. The van der Waals surface area contributed by atoms with Crippen LogP contribution in [0.3, 0.4) is 0 Å². The highest BCUT2D eigenvalue weighted by molar-refractivity contribution is 7.18. The van der Waals surface area contributed by atoms with Gasteiger partial charge in [0.2, 0.25) is 0 Å². The molecular weight excluding hydrogens is 302 g/mol. The maximum atomic E-state index is 6.31. The molecule has 0 aliphatic heterocycles. The van der Waals surface area contributed by atoms with Crippen LogP contribution in [0.1, 0.15) is 5.56 Å². The number of fused-ring (bicyclic) bond motifs is 5. The number of para-hydroxylation sites is 1. The normalized spacial score (nSPS) is 11.7. The lowest BCUT2D eigenvalue weighted by atomic mass is 10.1. The summed E-state index contributed by atoms with van der Waals surface area (Å²) in [5.41, 5.74) is 5.05. The standard InChI is InChI=1S/C20H13NOS/c1-12-5-8-17(21-11-12)16-4-2-3-14-15-7-6-13-9-10-23-20(13)19(15)22-18(14)16/h2-11H,1H3. The van der Waals surface area contributed by atoms with Gasteiger partial charge in [-0.05, 0) is 47.5 Å². The number of benzene rings is 2. The lowest BCUT2D eigenvalue weighted by Gasteiger charge is -2.02. The molecule has 0 fully saturated rings. The third-order valence-corrected chi connectivity index (χ3v) is 5.20. The van der Waals surface area contributed by atoms with E-state index in [0.29, 0.717) is 0 Å². The van der Waals surface area contributed by atoms with E-state index in [9.17, 15) is 0 Å². The first kappa shape index (κ1) is 12.9. The third-order valence-electron chi connectivity index (χ3n) is 4.27. The number of furan rings is 1. The number of aromatic nitrogens is 1. The fraction of sp³-hybridized carbons (Fsp3) is 0.0500. The second kappa shape index (κ2) is 4.67. The Morgan fingerprint density at radius 2 is 1.83 bits per heavy atom. The summed E-state index contributed by atoms with van der Waals surface area (Å²) in [6.07, 6.45) is 1.90. The Morgan fingerprint density at radius 3 is 2.70 bits per heavy atom. The van der Waals surface area contributed by atoms with Crippen LogP contribution in [0.5, 0.6) is 0 Å². The second-order valence-electron chi connectivity index (χ2n) is 5.79. The molecule has 0 N–H and O–H groups in total. The van der Waals surface area contributed by atoms with Crippen LogP contribution in [0.25, 0.3) is 43.3 Å². The maximum Gasteiger partial charge on any atom is 0.153 e. The summed E-state index contributed by atoms with van der Waals surface area (Å²) < 4.78 is 7.52. The zero-order chi connectivity index (χ0) is 15.4. The molecule has 2 nitrogen and oxygen atoms in total. The minimum atomic E-state index is 0.916. The highest BCUT2D eigenvalue weighted by Gasteiger charge is 2.15. The van der Waals surface area contributed by atoms with Crippen LogP contribution in [0.4, 0.5) is 0 Å². The second-order valence-corrected chi connectivity index (χ2v) is 6.70. The Labute approximate surface area is 137 Å². The van der Waals surface area contributed by atoms with Crippen molar-refractivity contribution in [1.82, 2.24) is 4.98 Å². The van der Waals surface area contributed by atoms with E-state index >= 15 is 0 Å². The number of thiophene rings is 1. The number of rotatable bonds is 1. The number of pyridine rings is 1. The predicted molar refractivity (Wildman–Crippen MR) is 97.1 cm³/mol. The van der Waals surface area contributed by atoms with Crippen LogP contribution in [-0.2, 0) is 0 Å². The van der Waals surface area contributed by atoms with Gasteiger partial charge in [-0.1, -0.05) is 24.3 Å². The van der Waals surface area contributed by atoms with Crippen LogP contribution in [-0.4, -0.2) is 4.98 Å². The summed E-state index contributed by atoms with van der Waals surface area (Å²) in [6, 6.07) is 16.9. The maximum absolute atomic E-state index is 6.31. The number of hydrogen-bond donors (Lipinski definition) is 0. The van der Waals surface area contributed by atoms with Crippen LogP contribution in [0.2, 0.25) is 0 Å². The van der Waals surface area contributed by atoms with Gasteiger partial charge in [0.1, 0.15) is 5.58 Å². The topological polar surface area (TPSA) is 26.0 Å². The minimum absolute atomic E-state index is 0.916. The molecule has 0 aliphatic rings. The molecular formula is C20H13NOS. The van der Waals surface area contributed by atoms with Gasteiger partial charge in [-0.3, -0.25) is 4.98 Å². The van der Waals surface area contributed by atoms with Gasteiger partial charge in [-0.2, -0.15) is 0 Å². The molecule has 0 unspecified atom stereocenters. The SMILES string of the molecule is Cc1ccc(-c2cccc3c2oc2c3ccc3ccsc32)nc1. The molecule has 23 heavy (non-hydrogen) atoms. The number of hydrogen-bond acceptors (Lipinski definition) is 3. The molecule has 0 bridgehead atoms. The van der Waals surface area contributed by atoms with E-state index in [2.05, 4.69) is 58.9 Å². The number of nitrogens with zero attached hydrogens (tertiary/aromatic N) is 1. The quantitative estimate of drug-likeness (QED) is 0.369. The van der Waals surface area contributed by atoms with Crippen molar-refractivity contribution in [1.29, 1.82) is 0 Å². The number of aryl methyl sites for hydroxylation is 1. The van der Waals surface area contributed by atoms with Crippen molar-refractivity contribution in [3.63, 3.8) is 0 Å². The molecule has 3 heteroatoms. The van der Waals surface area contributed by atoms with E-state index in [4.69, 9.17) is 4.42 Å². The summed E-state index contributed by atoms with van der Waals surface area (Å²) >= 11 is 1.73. The highest BCUT2D eigenvalue weighted by atomic mass is 32.1. The monoisotopic (exact) mass is 315 g/mol. The fourth-order valence-corrected chi connectivity index (χ4v) is 3.99. The molecule has 0 amide bonds. The zero-order valence-corrected chi connectivity index (χ0v) is 13.4. The van der Waals surface area contributed by atoms with Crippen molar-refractivity contribution < 1.29 is 4.42 Å². The molecule has 5 rings (SSSR count). The minimum Gasteiger partial charge on any atom is -0.454 e. The van der Waals surface area contributed by atoms with Crippen LogP contribution >= 0.6 is 11.3 Å². The lowest BCUT2D eigenvalue weighted by Crippen LogP contribution is -1.84. The van der Waals surface area contributed by atoms with Gasteiger partial charge in [0.25, 0.3) is 0 Å². The molecule has 0 radical (unpaired) electrons. The molecule has 110 valence electrons. The summed E-state index contributed by atoms with van der Waals surface area (Å²) in [7, 11) is 0. The highest BCUT2D eigenvalue weighted by Crippen LogP contribution is 2.39. The van der Waals surface area contributed by atoms with E-state index in [0.717, 1.165) is 33.4 Å². The molecule has 0 spiro atoms. The molecule has 3 aromatic heterocycles. The van der Waals surface area contributed by atoms with Gasteiger partial charge in [-0.25, -0.2) is 0 Å². The van der Waals surface area contributed by atoms with Crippen LogP contribution in [0, 0.1) is 6.92 Å². The van der Waals surface area contributed by atoms with Gasteiger partial charge in [-0.15, -0.1) is 11.3 Å². The van der Waals surface area contributed by atoms with Crippen molar-refractivity contribution in [3.8, 4) is 11.3 Å². The first-order valence-electron chi connectivity index (χ1n) is 7.56. The smallest absolute Gasteiger partial charge is 0.153 e. The summed E-state index contributed by atoms with van der Waals surface area (Å²) in [6.45, 7) is 2.05. The molecule has 3 heterocycles.